The van der Waals surface area contributed by atoms with Crippen molar-refractivity contribution in [1.29, 1.82) is 0 Å². The van der Waals surface area contributed by atoms with E-state index < -0.39 is 0 Å². The Balaban J connectivity index is 1.71. The summed E-state index contributed by atoms with van der Waals surface area (Å²) >= 11 is 4.87. The molecular weight excluding hydrogens is 420 g/mol. The largest absolute Gasteiger partial charge is 0.298 e. The van der Waals surface area contributed by atoms with Crippen molar-refractivity contribution < 1.29 is 4.79 Å². The summed E-state index contributed by atoms with van der Waals surface area (Å²) in [6.45, 7) is 0. The minimum absolute atomic E-state index is 0.171. The van der Waals surface area contributed by atoms with Crippen LogP contribution in [0.3, 0.4) is 0 Å². The van der Waals surface area contributed by atoms with Gasteiger partial charge in [0.15, 0.2) is 5.13 Å². The highest BCUT2D eigenvalue weighted by Crippen LogP contribution is 2.39. The number of nitrogens with zero attached hydrogens (tertiary/aromatic N) is 1. The molecule has 0 aliphatic carbocycles. The monoisotopic (exact) mass is 434 g/mol. The van der Waals surface area contributed by atoms with Gasteiger partial charge in [-0.2, -0.15) is 0 Å². The van der Waals surface area contributed by atoms with Crippen molar-refractivity contribution in [3.05, 3.63) is 95.0 Å². The Morgan fingerprint density at radius 2 is 1.41 bits per heavy atom. The zero-order valence-corrected chi connectivity index (χ0v) is 16.6. The molecule has 1 amide bonds. The van der Waals surface area contributed by atoms with Crippen molar-refractivity contribution in [3.63, 3.8) is 0 Å². The van der Waals surface area contributed by atoms with Crippen molar-refractivity contribution in [2.45, 2.75) is 0 Å². The van der Waals surface area contributed by atoms with Crippen LogP contribution >= 0.6 is 27.3 Å². The minimum atomic E-state index is -0.171. The molecule has 0 bridgehead atoms. The number of halogens is 1. The van der Waals surface area contributed by atoms with Crippen LogP contribution in [-0.4, -0.2) is 10.9 Å². The van der Waals surface area contributed by atoms with E-state index in [2.05, 4.69) is 33.4 Å². The predicted molar refractivity (Wildman–Crippen MR) is 115 cm³/mol. The molecule has 27 heavy (non-hydrogen) atoms. The number of rotatable bonds is 4. The lowest BCUT2D eigenvalue weighted by Gasteiger charge is -2.02. The third kappa shape index (κ3) is 3.99. The highest BCUT2D eigenvalue weighted by atomic mass is 79.9. The van der Waals surface area contributed by atoms with Crippen LogP contribution in [0.25, 0.3) is 21.7 Å². The van der Waals surface area contributed by atoms with Gasteiger partial charge in [0.25, 0.3) is 5.91 Å². The van der Waals surface area contributed by atoms with Crippen molar-refractivity contribution in [2.24, 2.45) is 0 Å². The van der Waals surface area contributed by atoms with E-state index in [1.165, 1.54) is 11.3 Å². The van der Waals surface area contributed by atoms with E-state index in [-0.39, 0.29) is 5.91 Å². The fourth-order valence-electron chi connectivity index (χ4n) is 2.72. The molecule has 0 fully saturated rings. The number of nitrogens with one attached hydrogen (secondary N) is 1. The number of carbonyl (C=O) groups is 1. The van der Waals surface area contributed by atoms with E-state index >= 15 is 0 Å². The molecule has 1 aromatic heterocycles. The van der Waals surface area contributed by atoms with Crippen LogP contribution in [0.2, 0.25) is 0 Å². The zero-order valence-electron chi connectivity index (χ0n) is 14.2. The molecule has 5 heteroatoms. The highest BCUT2D eigenvalue weighted by molar-refractivity contribution is 9.10. The van der Waals surface area contributed by atoms with Crippen LogP contribution in [0.15, 0.2) is 89.4 Å². The van der Waals surface area contributed by atoms with E-state index in [0.29, 0.717) is 10.7 Å². The lowest BCUT2D eigenvalue weighted by atomic mass is 10.1. The second kappa shape index (κ2) is 7.86. The van der Waals surface area contributed by atoms with Crippen LogP contribution in [0.1, 0.15) is 10.4 Å². The third-order valence-electron chi connectivity index (χ3n) is 4.04. The van der Waals surface area contributed by atoms with Crippen LogP contribution in [0.5, 0.6) is 0 Å². The normalized spacial score (nSPS) is 10.6. The summed E-state index contributed by atoms with van der Waals surface area (Å²) in [5.74, 6) is -0.171. The Hall–Kier alpha value is -2.76. The molecule has 0 spiro atoms. The van der Waals surface area contributed by atoms with E-state index in [1.54, 1.807) is 12.1 Å². The van der Waals surface area contributed by atoms with Gasteiger partial charge in [0.2, 0.25) is 0 Å². The molecule has 0 radical (unpaired) electrons. The number of hydrogen-bond acceptors (Lipinski definition) is 3. The van der Waals surface area contributed by atoms with Crippen molar-refractivity contribution >= 4 is 38.3 Å². The predicted octanol–water partition coefficient (Wildman–Crippen LogP) is 6.49. The van der Waals surface area contributed by atoms with Gasteiger partial charge in [0.05, 0.1) is 10.6 Å². The van der Waals surface area contributed by atoms with Crippen LogP contribution < -0.4 is 5.32 Å². The fraction of sp³-hybridized carbons (Fsp3) is 0. The number of anilines is 1. The first-order valence-electron chi connectivity index (χ1n) is 8.39. The van der Waals surface area contributed by atoms with E-state index in [4.69, 9.17) is 4.98 Å². The Kier molecular flexibility index (Phi) is 5.14. The molecule has 4 rings (SSSR count). The molecule has 1 N–H and O–H groups in total. The Bertz CT molecular complexity index is 1000. The van der Waals surface area contributed by atoms with Crippen LogP contribution in [0, 0.1) is 0 Å². The van der Waals surface area contributed by atoms with E-state index in [1.807, 2.05) is 60.7 Å². The van der Waals surface area contributed by atoms with Crippen molar-refractivity contribution in [3.8, 4) is 21.7 Å². The van der Waals surface area contributed by atoms with Gasteiger partial charge >= 0.3 is 0 Å². The number of thiazole rings is 1. The Morgan fingerprint density at radius 1 is 0.815 bits per heavy atom. The SMILES string of the molecule is O=C(Nc1nc(-c2ccccc2)c(-c2ccccc2)s1)c1ccc(Br)cc1. The summed E-state index contributed by atoms with van der Waals surface area (Å²) in [6.07, 6.45) is 0. The first-order chi connectivity index (χ1) is 13.2. The summed E-state index contributed by atoms with van der Waals surface area (Å²) in [5.41, 5.74) is 3.57. The molecule has 4 aromatic rings. The van der Waals surface area contributed by atoms with Gasteiger partial charge < -0.3 is 0 Å². The molecule has 0 saturated heterocycles. The van der Waals surface area contributed by atoms with E-state index in [0.717, 1.165) is 26.2 Å². The molecule has 1 heterocycles. The first-order valence-corrected chi connectivity index (χ1v) is 10.0. The smallest absolute Gasteiger partial charge is 0.257 e. The van der Waals surface area contributed by atoms with Crippen LogP contribution in [0.4, 0.5) is 5.13 Å². The zero-order chi connectivity index (χ0) is 18.6. The maximum absolute atomic E-state index is 12.6. The summed E-state index contributed by atoms with van der Waals surface area (Å²) in [6, 6.07) is 27.4. The third-order valence-corrected chi connectivity index (χ3v) is 5.59. The number of aromatic nitrogens is 1. The number of benzene rings is 3. The number of carbonyl (C=O) groups excluding carboxylic acids is 1. The van der Waals surface area contributed by atoms with Gasteiger partial charge in [-0.05, 0) is 29.8 Å². The molecule has 0 saturated carbocycles. The Morgan fingerprint density at radius 3 is 2.04 bits per heavy atom. The van der Waals surface area contributed by atoms with Gasteiger partial charge in [-0.1, -0.05) is 87.9 Å². The molecular formula is C22H15BrN2OS. The molecule has 0 unspecified atom stereocenters. The topological polar surface area (TPSA) is 42.0 Å². The van der Waals surface area contributed by atoms with Gasteiger partial charge in [-0.25, -0.2) is 4.98 Å². The maximum Gasteiger partial charge on any atom is 0.257 e. The fourth-order valence-corrected chi connectivity index (χ4v) is 3.97. The molecule has 0 atom stereocenters. The lowest BCUT2D eigenvalue weighted by molar-refractivity contribution is 0.102. The van der Waals surface area contributed by atoms with Gasteiger partial charge in [0, 0.05) is 15.6 Å². The Labute approximate surface area is 169 Å². The summed E-state index contributed by atoms with van der Waals surface area (Å²) in [7, 11) is 0. The second-order valence-corrected chi connectivity index (χ2v) is 7.80. The van der Waals surface area contributed by atoms with Gasteiger partial charge in [-0.3, -0.25) is 10.1 Å². The minimum Gasteiger partial charge on any atom is -0.298 e. The first kappa shape index (κ1) is 17.6. The quantitative estimate of drug-likeness (QED) is 0.398. The standard InChI is InChI=1S/C22H15BrN2OS/c23-18-13-11-17(12-14-18)21(26)25-22-24-19(15-7-3-1-4-8-15)20(27-22)16-9-5-2-6-10-16/h1-14H,(H,24,25,26). The summed E-state index contributed by atoms with van der Waals surface area (Å²) in [4.78, 5) is 18.3. The number of amides is 1. The highest BCUT2D eigenvalue weighted by Gasteiger charge is 2.16. The summed E-state index contributed by atoms with van der Waals surface area (Å²) in [5, 5.41) is 3.52. The molecule has 3 aromatic carbocycles. The second-order valence-electron chi connectivity index (χ2n) is 5.89. The van der Waals surface area contributed by atoms with Gasteiger partial charge in [0.1, 0.15) is 0 Å². The van der Waals surface area contributed by atoms with E-state index in [9.17, 15) is 4.79 Å². The van der Waals surface area contributed by atoms with Gasteiger partial charge in [-0.15, -0.1) is 0 Å². The van der Waals surface area contributed by atoms with Crippen molar-refractivity contribution in [2.75, 3.05) is 5.32 Å². The lowest BCUT2D eigenvalue weighted by Crippen LogP contribution is -2.11. The molecule has 0 aliphatic rings. The average Bonchev–Trinajstić information content (AvgIpc) is 3.13. The maximum atomic E-state index is 12.6. The average molecular weight is 435 g/mol. The summed E-state index contributed by atoms with van der Waals surface area (Å²) < 4.78 is 0.936. The molecule has 132 valence electrons. The van der Waals surface area contributed by atoms with Crippen LogP contribution in [-0.2, 0) is 0 Å². The number of hydrogen-bond donors (Lipinski definition) is 1. The van der Waals surface area contributed by atoms with Crippen molar-refractivity contribution in [1.82, 2.24) is 4.98 Å². The molecule has 0 aliphatic heterocycles. The molecule has 3 nitrogen and oxygen atoms in total.